The molecule has 5 nitrogen and oxygen atoms in total. The van der Waals surface area contributed by atoms with Gasteiger partial charge in [-0.2, -0.15) is 0 Å². The first-order valence-corrected chi connectivity index (χ1v) is 9.21. The lowest BCUT2D eigenvalue weighted by atomic mass is 9.85. The molecule has 0 saturated carbocycles. The summed E-state index contributed by atoms with van der Waals surface area (Å²) in [7, 11) is 0. The van der Waals surface area contributed by atoms with Gasteiger partial charge < -0.3 is 15.0 Å². The van der Waals surface area contributed by atoms with E-state index in [0.29, 0.717) is 24.2 Å². The van der Waals surface area contributed by atoms with E-state index >= 15 is 0 Å². The zero-order chi connectivity index (χ0) is 19.4. The second kappa shape index (κ2) is 7.66. The standard InChI is InChI=1S/C23H21N3O2/c27-22(24-15-16-26-17-25-20-13-7-8-14-21(20)26)23(28,18-9-3-1-4-10-18)19-11-5-2-6-12-19/h1-14,17,28H,15-16H2,(H,24,27). The highest BCUT2D eigenvalue weighted by Gasteiger charge is 2.39. The van der Waals surface area contributed by atoms with Crippen molar-refractivity contribution in [1.29, 1.82) is 0 Å². The molecule has 2 N–H and O–H groups in total. The lowest BCUT2D eigenvalue weighted by Gasteiger charge is -2.28. The van der Waals surface area contributed by atoms with Gasteiger partial charge in [-0.3, -0.25) is 4.79 Å². The normalized spacial score (nSPS) is 11.5. The van der Waals surface area contributed by atoms with Crippen LogP contribution in [0.25, 0.3) is 11.0 Å². The van der Waals surface area contributed by atoms with Gasteiger partial charge >= 0.3 is 0 Å². The van der Waals surface area contributed by atoms with Gasteiger partial charge in [0.2, 0.25) is 0 Å². The number of rotatable bonds is 6. The average Bonchev–Trinajstić information content (AvgIpc) is 3.17. The molecule has 4 rings (SSSR count). The molecule has 0 saturated heterocycles. The first kappa shape index (κ1) is 17.9. The van der Waals surface area contributed by atoms with Crippen LogP contribution in [0.1, 0.15) is 11.1 Å². The molecule has 5 heteroatoms. The summed E-state index contributed by atoms with van der Waals surface area (Å²) in [5.41, 5.74) is 1.25. The van der Waals surface area contributed by atoms with Gasteiger partial charge in [0.15, 0.2) is 5.60 Å². The van der Waals surface area contributed by atoms with Gasteiger partial charge in [0.05, 0.1) is 17.4 Å². The maximum absolute atomic E-state index is 13.1. The summed E-state index contributed by atoms with van der Waals surface area (Å²) in [6.45, 7) is 0.938. The number of nitrogens with zero attached hydrogens (tertiary/aromatic N) is 2. The Morgan fingerprint density at radius 2 is 1.46 bits per heavy atom. The van der Waals surface area contributed by atoms with Crippen molar-refractivity contribution in [2.45, 2.75) is 12.1 Å². The highest BCUT2D eigenvalue weighted by Crippen LogP contribution is 2.29. The van der Waals surface area contributed by atoms with Crippen LogP contribution in [0.5, 0.6) is 0 Å². The second-order valence-corrected chi connectivity index (χ2v) is 6.63. The van der Waals surface area contributed by atoms with Crippen molar-refractivity contribution in [3.8, 4) is 0 Å². The van der Waals surface area contributed by atoms with Gasteiger partial charge in [0.25, 0.3) is 5.91 Å². The maximum Gasteiger partial charge on any atom is 0.261 e. The molecule has 0 bridgehead atoms. The third-order valence-electron chi connectivity index (χ3n) is 4.88. The van der Waals surface area contributed by atoms with E-state index in [0.717, 1.165) is 11.0 Å². The molecule has 0 radical (unpaired) electrons. The molecule has 0 aliphatic carbocycles. The summed E-state index contributed by atoms with van der Waals surface area (Å²) in [6.07, 6.45) is 1.76. The summed E-state index contributed by atoms with van der Waals surface area (Å²) in [4.78, 5) is 17.4. The SMILES string of the molecule is O=C(NCCn1cnc2ccccc21)C(O)(c1ccccc1)c1ccccc1. The van der Waals surface area contributed by atoms with Gasteiger partial charge in [-0.15, -0.1) is 0 Å². The van der Waals surface area contributed by atoms with E-state index in [1.165, 1.54) is 0 Å². The van der Waals surface area contributed by atoms with Crippen LogP contribution in [0.2, 0.25) is 0 Å². The van der Waals surface area contributed by atoms with Crippen molar-refractivity contribution < 1.29 is 9.90 Å². The maximum atomic E-state index is 13.1. The van der Waals surface area contributed by atoms with Crippen molar-refractivity contribution in [2.24, 2.45) is 0 Å². The third kappa shape index (κ3) is 3.28. The average molecular weight is 371 g/mol. The van der Waals surface area contributed by atoms with Crippen LogP contribution in [0.4, 0.5) is 0 Å². The van der Waals surface area contributed by atoms with E-state index in [1.807, 2.05) is 65.2 Å². The first-order chi connectivity index (χ1) is 13.7. The minimum atomic E-state index is -1.75. The highest BCUT2D eigenvalue weighted by atomic mass is 16.3. The number of carbonyl (C=O) groups is 1. The Labute approximate surface area is 163 Å². The third-order valence-corrected chi connectivity index (χ3v) is 4.88. The first-order valence-electron chi connectivity index (χ1n) is 9.21. The molecule has 0 atom stereocenters. The summed E-state index contributed by atoms with van der Waals surface area (Å²) in [6, 6.07) is 25.9. The summed E-state index contributed by atoms with van der Waals surface area (Å²) >= 11 is 0. The highest BCUT2D eigenvalue weighted by molar-refractivity contribution is 5.90. The van der Waals surface area contributed by atoms with E-state index in [-0.39, 0.29) is 0 Å². The van der Waals surface area contributed by atoms with Gasteiger partial charge in [0.1, 0.15) is 0 Å². The second-order valence-electron chi connectivity index (χ2n) is 6.63. The predicted octanol–water partition coefficient (Wildman–Crippen LogP) is 3.09. The molecule has 140 valence electrons. The van der Waals surface area contributed by atoms with E-state index < -0.39 is 11.5 Å². The molecule has 28 heavy (non-hydrogen) atoms. The molecular formula is C23H21N3O2. The summed E-state index contributed by atoms with van der Waals surface area (Å²) in [5.74, 6) is -0.450. The number of aliphatic hydroxyl groups is 1. The van der Waals surface area contributed by atoms with Crippen LogP contribution in [0.3, 0.4) is 0 Å². The zero-order valence-corrected chi connectivity index (χ0v) is 15.3. The van der Waals surface area contributed by atoms with Crippen LogP contribution >= 0.6 is 0 Å². The van der Waals surface area contributed by atoms with E-state index in [2.05, 4.69) is 10.3 Å². The summed E-state index contributed by atoms with van der Waals surface area (Å²) in [5, 5.41) is 14.3. The van der Waals surface area contributed by atoms with E-state index in [9.17, 15) is 9.90 Å². The molecule has 0 spiro atoms. The van der Waals surface area contributed by atoms with Crippen LogP contribution in [-0.4, -0.2) is 27.1 Å². The number of nitrogens with one attached hydrogen (secondary N) is 1. The van der Waals surface area contributed by atoms with Crippen molar-refractivity contribution in [2.75, 3.05) is 6.54 Å². The quantitative estimate of drug-likeness (QED) is 0.547. The molecule has 3 aromatic carbocycles. The number of fused-ring (bicyclic) bond motifs is 1. The summed E-state index contributed by atoms with van der Waals surface area (Å²) < 4.78 is 1.99. The number of hydrogen-bond donors (Lipinski definition) is 2. The number of para-hydroxylation sites is 2. The lowest BCUT2D eigenvalue weighted by Crippen LogP contribution is -2.46. The molecule has 1 amide bonds. The molecule has 0 aliphatic rings. The lowest BCUT2D eigenvalue weighted by molar-refractivity contribution is -0.136. The number of aromatic nitrogens is 2. The number of benzene rings is 3. The molecule has 4 aromatic rings. The Kier molecular flexibility index (Phi) is 4.91. The Bertz CT molecular complexity index is 1040. The molecule has 0 fully saturated rings. The molecule has 0 unspecified atom stereocenters. The largest absolute Gasteiger partial charge is 0.372 e. The molecular weight excluding hydrogens is 350 g/mol. The van der Waals surface area contributed by atoms with Crippen molar-refractivity contribution in [1.82, 2.24) is 14.9 Å². The Balaban J connectivity index is 1.55. The fourth-order valence-electron chi connectivity index (χ4n) is 3.39. The minimum absolute atomic E-state index is 0.376. The van der Waals surface area contributed by atoms with Crippen molar-refractivity contribution in [3.05, 3.63) is 102 Å². The topological polar surface area (TPSA) is 67.2 Å². The Hall–Kier alpha value is -3.44. The van der Waals surface area contributed by atoms with Gasteiger partial charge in [-0.05, 0) is 23.3 Å². The van der Waals surface area contributed by atoms with E-state index in [4.69, 9.17) is 0 Å². The predicted molar refractivity (Wildman–Crippen MR) is 109 cm³/mol. The van der Waals surface area contributed by atoms with Gasteiger partial charge in [0, 0.05) is 13.1 Å². The Morgan fingerprint density at radius 3 is 2.11 bits per heavy atom. The van der Waals surface area contributed by atoms with Crippen molar-refractivity contribution in [3.63, 3.8) is 0 Å². The Morgan fingerprint density at radius 1 is 0.893 bits per heavy atom. The van der Waals surface area contributed by atoms with Crippen LogP contribution in [-0.2, 0) is 16.9 Å². The van der Waals surface area contributed by atoms with E-state index in [1.54, 1.807) is 30.6 Å². The van der Waals surface area contributed by atoms with Crippen LogP contribution in [0, 0.1) is 0 Å². The number of carbonyl (C=O) groups excluding carboxylic acids is 1. The number of hydrogen-bond acceptors (Lipinski definition) is 3. The van der Waals surface area contributed by atoms with Gasteiger partial charge in [-0.25, -0.2) is 4.98 Å². The van der Waals surface area contributed by atoms with Crippen LogP contribution in [0.15, 0.2) is 91.3 Å². The molecule has 0 aliphatic heterocycles. The van der Waals surface area contributed by atoms with Gasteiger partial charge in [-0.1, -0.05) is 72.8 Å². The monoisotopic (exact) mass is 371 g/mol. The number of imidazole rings is 1. The van der Waals surface area contributed by atoms with Crippen molar-refractivity contribution >= 4 is 16.9 Å². The minimum Gasteiger partial charge on any atom is -0.372 e. The fourth-order valence-corrected chi connectivity index (χ4v) is 3.39. The molecule has 1 aromatic heterocycles. The molecule has 1 heterocycles. The zero-order valence-electron chi connectivity index (χ0n) is 15.3. The number of amides is 1. The smallest absolute Gasteiger partial charge is 0.261 e. The fraction of sp³-hybridized carbons (Fsp3) is 0.130. The van der Waals surface area contributed by atoms with Crippen LogP contribution < -0.4 is 5.32 Å².